The highest BCUT2D eigenvalue weighted by Gasteiger charge is 2.19. The third-order valence-corrected chi connectivity index (χ3v) is 3.43. The number of carbonyl (C=O) groups is 1. The minimum Gasteiger partial charge on any atom is -0.396 e. The Hall–Kier alpha value is -0.810. The van der Waals surface area contributed by atoms with Crippen LogP contribution in [0.1, 0.15) is 37.7 Å². The maximum absolute atomic E-state index is 12.2. The minimum atomic E-state index is -0.0882. The molecule has 5 heteroatoms. The van der Waals surface area contributed by atoms with Crippen LogP contribution in [0.4, 0.5) is 0 Å². The summed E-state index contributed by atoms with van der Waals surface area (Å²) in [6, 6.07) is 1.82. The van der Waals surface area contributed by atoms with Gasteiger partial charge < -0.3 is 15.0 Å². The molecular weight excluding hydrogens is 296 g/mol. The zero-order chi connectivity index (χ0) is 13.7. The number of rotatable bonds is 6. The number of carbonyl (C=O) groups excluding carboxylic acids is 1. The lowest BCUT2D eigenvalue weighted by molar-refractivity contribution is 0.0907. The summed E-state index contributed by atoms with van der Waals surface area (Å²) in [6.07, 6.45) is 2.47. The largest absolute Gasteiger partial charge is 0.396 e. The Balaban J connectivity index is 2.79. The molecule has 1 heterocycles. The van der Waals surface area contributed by atoms with Crippen molar-refractivity contribution < 1.29 is 9.90 Å². The highest BCUT2D eigenvalue weighted by molar-refractivity contribution is 9.10. The molecule has 0 spiro atoms. The van der Waals surface area contributed by atoms with Crippen molar-refractivity contribution in [2.75, 3.05) is 6.61 Å². The first-order chi connectivity index (χ1) is 8.49. The zero-order valence-corrected chi connectivity index (χ0v) is 12.7. The Morgan fingerprint density at radius 3 is 2.72 bits per heavy atom. The van der Waals surface area contributed by atoms with Crippen LogP contribution in [0.3, 0.4) is 0 Å². The number of nitrogens with one attached hydrogen (secondary N) is 1. The second-order valence-electron chi connectivity index (χ2n) is 4.67. The fraction of sp³-hybridized carbons (Fsp3) is 0.615. The van der Waals surface area contributed by atoms with Crippen LogP contribution >= 0.6 is 15.9 Å². The second-order valence-corrected chi connectivity index (χ2v) is 5.58. The van der Waals surface area contributed by atoms with E-state index in [2.05, 4.69) is 21.2 Å². The number of aryl methyl sites for hydroxylation is 1. The van der Waals surface area contributed by atoms with Gasteiger partial charge in [0.05, 0.1) is 0 Å². The summed E-state index contributed by atoms with van der Waals surface area (Å²) in [4.78, 5) is 12.2. The summed E-state index contributed by atoms with van der Waals surface area (Å²) in [5.41, 5.74) is 0.646. The number of aromatic nitrogens is 1. The molecule has 18 heavy (non-hydrogen) atoms. The molecule has 4 nitrogen and oxygen atoms in total. The monoisotopic (exact) mass is 316 g/mol. The molecule has 1 aromatic rings. The Morgan fingerprint density at radius 1 is 1.56 bits per heavy atom. The van der Waals surface area contributed by atoms with Gasteiger partial charge >= 0.3 is 0 Å². The summed E-state index contributed by atoms with van der Waals surface area (Å²) in [5.74, 6) is 0.212. The minimum absolute atomic E-state index is 0.00137. The van der Waals surface area contributed by atoms with Gasteiger partial charge in [-0.1, -0.05) is 13.8 Å². The molecule has 0 saturated carbocycles. The molecule has 0 fully saturated rings. The molecule has 1 rings (SSSR count). The topological polar surface area (TPSA) is 54.3 Å². The third kappa shape index (κ3) is 3.85. The number of hydrogen-bond acceptors (Lipinski definition) is 2. The first-order valence-corrected chi connectivity index (χ1v) is 7.06. The van der Waals surface area contributed by atoms with Crippen LogP contribution in [0.25, 0.3) is 0 Å². The summed E-state index contributed by atoms with van der Waals surface area (Å²) in [7, 11) is 0. The molecule has 1 aromatic heterocycles. The van der Waals surface area contributed by atoms with E-state index in [0.717, 1.165) is 11.0 Å². The Kier molecular flexibility index (Phi) is 5.88. The quantitative estimate of drug-likeness (QED) is 0.846. The molecule has 0 aromatic carbocycles. The number of aliphatic hydroxyl groups is 1. The molecule has 102 valence electrons. The average molecular weight is 317 g/mol. The maximum Gasteiger partial charge on any atom is 0.268 e. The summed E-state index contributed by atoms with van der Waals surface area (Å²) >= 11 is 3.38. The Labute approximate surface area is 117 Å². The molecular formula is C13H21BrN2O2. The molecule has 0 aliphatic heterocycles. The van der Waals surface area contributed by atoms with Gasteiger partial charge in [0.1, 0.15) is 5.69 Å². The molecule has 2 N–H and O–H groups in total. The summed E-state index contributed by atoms with van der Waals surface area (Å²) in [5, 5.41) is 12.0. The summed E-state index contributed by atoms with van der Waals surface area (Å²) < 4.78 is 2.80. The predicted molar refractivity (Wildman–Crippen MR) is 75.6 cm³/mol. The number of halogens is 1. The smallest absolute Gasteiger partial charge is 0.268 e. The standard InChI is InChI=1S/C13H21BrN2O2/c1-4-16-8-10(14)7-12(16)13(18)15-11(5-6-17)9(2)3/h7-9,11,17H,4-6H2,1-3H3,(H,15,18). The van der Waals surface area contributed by atoms with E-state index >= 15 is 0 Å². The highest BCUT2D eigenvalue weighted by atomic mass is 79.9. The van der Waals surface area contributed by atoms with Gasteiger partial charge in [0.15, 0.2) is 0 Å². The Bertz CT molecular complexity index is 402. The molecule has 0 radical (unpaired) electrons. The van der Waals surface area contributed by atoms with Crippen molar-refractivity contribution in [1.29, 1.82) is 0 Å². The van der Waals surface area contributed by atoms with E-state index < -0.39 is 0 Å². The fourth-order valence-corrected chi connectivity index (χ4v) is 2.34. The fourth-order valence-electron chi connectivity index (χ4n) is 1.88. The van der Waals surface area contributed by atoms with E-state index in [1.165, 1.54) is 0 Å². The molecule has 1 unspecified atom stereocenters. The van der Waals surface area contributed by atoms with Crippen LogP contribution in [0.5, 0.6) is 0 Å². The van der Waals surface area contributed by atoms with Crippen molar-refractivity contribution >= 4 is 21.8 Å². The Morgan fingerprint density at radius 2 is 2.22 bits per heavy atom. The van der Waals surface area contributed by atoms with Crippen LogP contribution < -0.4 is 5.32 Å². The van der Waals surface area contributed by atoms with Gasteiger partial charge in [-0.05, 0) is 41.3 Å². The van der Waals surface area contributed by atoms with Crippen LogP contribution in [-0.4, -0.2) is 28.2 Å². The van der Waals surface area contributed by atoms with Crippen LogP contribution in [0.15, 0.2) is 16.7 Å². The number of aliphatic hydroxyl groups excluding tert-OH is 1. The average Bonchev–Trinajstić information content (AvgIpc) is 2.69. The number of nitrogens with zero attached hydrogens (tertiary/aromatic N) is 1. The maximum atomic E-state index is 12.2. The SMILES string of the molecule is CCn1cc(Br)cc1C(=O)NC(CCO)C(C)C. The third-order valence-electron chi connectivity index (χ3n) is 3.00. The first-order valence-electron chi connectivity index (χ1n) is 6.27. The van der Waals surface area contributed by atoms with Crippen molar-refractivity contribution in [2.45, 2.75) is 39.8 Å². The van der Waals surface area contributed by atoms with Gasteiger partial charge in [0, 0.05) is 29.9 Å². The van der Waals surface area contributed by atoms with Crippen molar-refractivity contribution in [2.24, 2.45) is 5.92 Å². The first kappa shape index (κ1) is 15.2. The van der Waals surface area contributed by atoms with Gasteiger partial charge in [0.25, 0.3) is 5.91 Å². The highest BCUT2D eigenvalue weighted by Crippen LogP contribution is 2.16. The van der Waals surface area contributed by atoms with Gasteiger partial charge in [-0.15, -0.1) is 0 Å². The van der Waals surface area contributed by atoms with Crippen molar-refractivity contribution in [3.63, 3.8) is 0 Å². The summed E-state index contributed by atoms with van der Waals surface area (Å²) in [6.45, 7) is 6.91. The van der Waals surface area contributed by atoms with E-state index in [4.69, 9.17) is 5.11 Å². The van der Waals surface area contributed by atoms with Gasteiger partial charge in [-0.25, -0.2) is 0 Å². The van der Waals surface area contributed by atoms with Crippen LogP contribution in [0, 0.1) is 5.92 Å². The van der Waals surface area contributed by atoms with Crippen LogP contribution in [-0.2, 0) is 6.54 Å². The number of hydrogen-bond donors (Lipinski definition) is 2. The van der Waals surface area contributed by atoms with Gasteiger partial charge in [0.2, 0.25) is 0 Å². The van der Waals surface area contributed by atoms with Crippen molar-refractivity contribution in [3.05, 3.63) is 22.4 Å². The number of amides is 1. The van der Waals surface area contributed by atoms with Gasteiger partial charge in [-0.3, -0.25) is 4.79 Å². The van der Waals surface area contributed by atoms with E-state index in [1.54, 1.807) is 0 Å². The molecule has 1 atom stereocenters. The van der Waals surface area contributed by atoms with Crippen molar-refractivity contribution in [1.82, 2.24) is 9.88 Å². The van der Waals surface area contributed by atoms with E-state index in [0.29, 0.717) is 18.0 Å². The lowest BCUT2D eigenvalue weighted by Gasteiger charge is -2.21. The predicted octanol–water partition coefficient (Wildman–Crippen LogP) is 2.41. The van der Waals surface area contributed by atoms with Gasteiger partial charge in [-0.2, -0.15) is 0 Å². The molecule has 1 amide bonds. The molecule has 0 saturated heterocycles. The zero-order valence-electron chi connectivity index (χ0n) is 11.1. The van der Waals surface area contributed by atoms with E-state index in [9.17, 15) is 4.79 Å². The molecule has 0 aliphatic carbocycles. The van der Waals surface area contributed by atoms with Crippen molar-refractivity contribution in [3.8, 4) is 0 Å². The van der Waals surface area contributed by atoms with Crippen LogP contribution in [0.2, 0.25) is 0 Å². The van der Waals surface area contributed by atoms with E-state index in [1.807, 2.05) is 37.6 Å². The lowest BCUT2D eigenvalue weighted by Crippen LogP contribution is -2.39. The van der Waals surface area contributed by atoms with E-state index in [-0.39, 0.29) is 18.6 Å². The second kappa shape index (κ2) is 6.95. The molecule has 0 aliphatic rings. The lowest BCUT2D eigenvalue weighted by atomic mass is 10.0. The normalized spacial score (nSPS) is 12.8. The molecule has 0 bridgehead atoms.